The molecule has 1 aromatic heterocycles. The molecule has 0 atom stereocenters. The van der Waals surface area contributed by atoms with E-state index in [9.17, 15) is 4.39 Å². The van der Waals surface area contributed by atoms with Crippen molar-refractivity contribution in [1.29, 1.82) is 0 Å². The van der Waals surface area contributed by atoms with Crippen LogP contribution < -0.4 is 14.8 Å². The Kier molecular flexibility index (Phi) is 7.38. The minimum atomic E-state index is -0.221. The van der Waals surface area contributed by atoms with E-state index in [2.05, 4.69) is 10.3 Å². The van der Waals surface area contributed by atoms with E-state index in [1.165, 1.54) is 12.1 Å². The summed E-state index contributed by atoms with van der Waals surface area (Å²) in [4.78, 5) is 4.30. The molecule has 2 aromatic carbocycles. The van der Waals surface area contributed by atoms with Crippen molar-refractivity contribution in [3.8, 4) is 17.4 Å². The minimum Gasteiger partial charge on any atom is -0.497 e. The van der Waals surface area contributed by atoms with Crippen molar-refractivity contribution >= 4 is 12.4 Å². The molecule has 0 spiro atoms. The number of aromatic nitrogens is 1. The van der Waals surface area contributed by atoms with E-state index in [1.807, 2.05) is 42.5 Å². The summed E-state index contributed by atoms with van der Waals surface area (Å²) in [5.74, 6) is 1.78. The number of halogens is 2. The number of nitrogens with one attached hydrogen (secondary N) is 1. The molecule has 0 aliphatic rings. The van der Waals surface area contributed by atoms with Crippen LogP contribution in [0.1, 0.15) is 11.1 Å². The molecule has 0 aliphatic carbocycles. The fourth-order valence-electron chi connectivity index (χ4n) is 2.34. The van der Waals surface area contributed by atoms with Crippen LogP contribution in [-0.2, 0) is 13.1 Å². The third-order valence-electron chi connectivity index (χ3n) is 3.63. The monoisotopic (exact) mass is 374 g/mol. The molecule has 6 heteroatoms. The second-order valence-electron chi connectivity index (χ2n) is 5.52. The highest BCUT2D eigenvalue weighted by Gasteiger charge is 2.01. The van der Waals surface area contributed by atoms with Gasteiger partial charge in [0.05, 0.1) is 7.11 Å². The molecular weight excluding hydrogens is 355 g/mol. The lowest BCUT2D eigenvalue weighted by Gasteiger charge is -2.08. The van der Waals surface area contributed by atoms with E-state index >= 15 is 0 Å². The minimum absolute atomic E-state index is 0. The van der Waals surface area contributed by atoms with Crippen molar-refractivity contribution in [1.82, 2.24) is 10.3 Å². The number of pyridine rings is 1. The zero-order chi connectivity index (χ0) is 17.5. The topological polar surface area (TPSA) is 43.4 Å². The first-order chi connectivity index (χ1) is 12.2. The van der Waals surface area contributed by atoms with Crippen LogP contribution in [0, 0.1) is 5.82 Å². The quantitative estimate of drug-likeness (QED) is 0.649. The van der Waals surface area contributed by atoms with Gasteiger partial charge < -0.3 is 14.8 Å². The van der Waals surface area contributed by atoms with Crippen LogP contribution in [0.15, 0.2) is 66.9 Å². The number of methoxy groups -OCH3 is 1. The number of benzene rings is 2. The van der Waals surface area contributed by atoms with Gasteiger partial charge in [-0.3, -0.25) is 0 Å². The molecule has 0 bridgehead atoms. The molecule has 1 heterocycles. The van der Waals surface area contributed by atoms with E-state index in [4.69, 9.17) is 9.47 Å². The zero-order valence-electron chi connectivity index (χ0n) is 14.3. The highest BCUT2D eigenvalue weighted by Crippen LogP contribution is 2.22. The molecule has 0 saturated heterocycles. The van der Waals surface area contributed by atoms with Gasteiger partial charge in [-0.15, -0.1) is 12.4 Å². The van der Waals surface area contributed by atoms with Gasteiger partial charge in [-0.2, -0.15) is 0 Å². The molecule has 0 amide bonds. The van der Waals surface area contributed by atoms with Crippen molar-refractivity contribution < 1.29 is 13.9 Å². The van der Waals surface area contributed by atoms with E-state index < -0.39 is 0 Å². The molecule has 0 fully saturated rings. The van der Waals surface area contributed by atoms with E-state index in [0.717, 1.165) is 16.9 Å². The summed E-state index contributed by atoms with van der Waals surface area (Å²) in [6, 6.07) is 17.7. The summed E-state index contributed by atoms with van der Waals surface area (Å²) in [7, 11) is 1.62. The standard InChI is InChI=1S/C20H19FN2O2.ClH/c1-24-18-6-8-19(9-7-18)25-20-10-5-16(14-23-20)13-22-12-15-3-2-4-17(21)11-15;/h2-11,14,22H,12-13H2,1H3;1H. The maximum Gasteiger partial charge on any atom is 0.219 e. The van der Waals surface area contributed by atoms with Crippen LogP contribution in [0.3, 0.4) is 0 Å². The Morgan fingerprint density at radius 2 is 1.65 bits per heavy atom. The smallest absolute Gasteiger partial charge is 0.219 e. The van der Waals surface area contributed by atoms with Gasteiger partial charge in [0.25, 0.3) is 0 Å². The predicted molar refractivity (Wildman–Crippen MR) is 101 cm³/mol. The number of rotatable bonds is 7. The normalized spacial score (nSPS) is 10.1. The number of ether oxygens (including phenoxy) is 2. The van der Waals surface area contributed by atoms with Gasteiger partial charge in [0, 0.05) is 25.4 Å². The van der Waals surface area contributed by atoms with E-state index in [-0.39, 0.29) is 18.2 Å². The molecule has 4 nitrogen and oxygen atoms in total. The maximum absolute atomic E-state index is 13.1. The molecule has 3 aromatic rings. The summed E-state index contributed by atoms with van der Waals surface area (Å²) in [5.41, 5.74) is 1.94. The summed E-state index contributed by atoms with van der Waals surface area (Å²) in [5, 5.41) is 3.27. The largest absolute Gasteiger partial charge is 0.497 e. The number of hydrogen-bond donors (Lipinski definition) is 1. The summed E-state index contributed by atoms with van der Waals surface area (Å²) < 4.78 is 23.9. The molecular formula is C20H20ClFN2O2. The van der Waals surface area contributed by atoms with Crippen molar-refractivity contribution in [2.75, 3.05) is 7.11 Å². The Bertz CT molecular complexity index is 811. The van der Waals surface area contributed by atoms with Crippen LogP contribution in [0.4, 0.5) is 4.39 Å². The molecule has 3 rings (SSSR count). The molecule has 1 N–H and O–H groups in total. The molecule has 0 unspecified atom stereocenters. The van der Waals surface area contributed by atoms with Crippen molar-refractivity contribution in [3.63, 3.8) is 0 Å². The molecule has 136 valence electrons. The maximum atomic E-state index is 13.1. The third-order valence-corrected chi connectivity index (χ3v) is 3.63. The SMILES string of the molecule is COc1ccc(Oc2ccc(CNCc3cccc(F)c3)cn2)cc1.Cl. The van der Waals surface area contributed by atoms with Crippen LogP contribution in [0.2, 0.25) is 0 Å². The fraction of sp³-hybridized carbons (Fsp3) is 0.150. The second-order valence-corrected chi connectivity index (χ2v) is 5.52. The van der Waals surface area contributed by atoms with E-state index in [1.54, 1.807) is 19.4 Å². The average molecular weight is 375 g/mol. The van der Waals surface area contributed by atoms with Crippen molar-refractivity contribution in [3.05, 3.63) is 83.8 Å². The number of hydrogen-bond acceptors (Lipinski definition) is 4. The lowest BCUT2D eigenvalue weighted by molar-refractivity contribution is 0.412. The fourth-order valence-corrected chi connectivity index (χ4v) is 2.34. The van der Waals surface area contributed by atoms with Crippen LogP contribution >= 0.6 is 12.4 Å². The highest BCUT2D eigenvalue weighted by molar-refractivity contribution is 5.85. The first-order valence-corrected chi connectivity index (χ1v) is 7.95. The van der Waals surface area contributed by atoms with Crippen molar-refractivity contribution in [2.24, 2.45) is 0 Å². The predicted octanol–water partition coefficient (Wildman–Crippen LogP) is 4.73. The lowest BCUT2D eigenvalue weighted by atomic mass is 10.2. The zero-order valence-corrected chi connectivity index (χ0v) is 15.1. The van der Waals surface area contributed by atoms with Crippen molar-refractivity contribution in [2.45, 2.75) is 13.1 Å². The first-order valence-electron chi connectivity index (χ1n) is 7.95. The van der Waals surface area contributed by atoms with Gasteiger partial charge >= 0.3 is 0 Å². The van der Waals surface area contributed by atoms with Crippen LogP contribution in [0.25, 0.3) is 0 Å². The second kappa shape index (κ2) is 9.75. The van der Waals surface area contributed by atoms with Gasteiger partial charge in [-0.1, -0.05) is 18.2 Å². The Hall–Kier alpha value is -2.63. The van der Waals surface area contributed by atoms with E-state index in [0.29, 0.717) is 24.7 Å². The van der Waals surface area contributed by atoms with Gasteiger partial charge in [-0.05, 0) is 47.5 Å². The van der Waals surface area contributed by atoms with Crippen LogP contribution in [-0.4, -0.2) is 12.1 Å². The molecule has 26 heavy (non-hydrogen) atoms. The molecule has 0 radical (unpaired) electrons. The van der Waals surface area contributed by atoms with Gasteiger partial charge in [0.1, 0.15) is 17.3 Å². The summed E-state index contributed by atoms with van der Waals surface area (Å²) >= 11 is 0. The van der Waals surface area contributed by atoms with Gasteiger partial charge in [0.2, 0.25) is 5.88 Å². The highest BCUT2D eigenvalue weighted by atomic mass is 35.5. The average Bonchev–Trinajstić information content (AvgIpc) is 2.64. The lowest BCUT2D eigenvalue weighted by Crippen LogP contribution is -2.12. The Balaban J connectivity index is 0.00000243. The third kappa shape index (κ3) is 5.72. The molecule has 0 aliphatic heterocycles. The Labute approximate surface area is 158 Å². The van der Waals surface area contributed by atoms with Gasteiger partial charge in [-0.25, -0.2) is 9.37 Å². The van der Waals surface area contributed by atoms with Gasteiger partial charge in [0.15, 0.2) is 0 Å². The number of nitrogens with zero attached hydrogens (tertiary/aromatic N) is 1. The Morgan fingerprint density at radius 1 is 0.923 bits per heavy atom. The Morgan fingerprint density at radius 3 is 2.31 bits per heavy atom. The molecule has 0 saturated carbocycles. The summed E-state index contributed by atoms with van der Waals surface area (Å²) in [6.45, 7) is 1.24. The first kappa shape index (κ1) is 19.7. The van der Waals surface area contributed by atoms with Crippen LogP contribution in [0.5, 0.6) is 17.4 Å². The summed E-state index contributed by atoms with van der Waals surface area (Å²) in [6.07, 6.45) is 1.76.